The molecule has 0 atom stereocenters. The summed E-state index contributed by atoms with van der Waals surface area (Å²) in [5.41, 5.74) is 7.55. The van der Waals surface area contributed by atoms with Crippen molar-refractivity contribution in [2.45, 2.75) is 33.7 Å². The fourth-order valence-corrected chi connectivity index (χ4v) is 2.69. The number of halogens is 1. The average Bonchev–Trinajstić information content (AvgIpc) is 2.89. The summed E-state index contributed by atoms with van der Waals surface area (Å²) >= 11 is 1.74. The Morgan fingerprint density at radius 2 is 1.89 bits per heavy atom. The maximum atomic E-state index is 13.1. The van der Waals surface area contributed by atoms with Crippen LogP contribution >= 0.6 is 11.3 Å². The van der Waals surface area contributed by atoms with Gasteiger partial charge in [-0.15, -0.1) is 11.3 Å². The van der Waals surface area contributed by atoms with Crippen LogP contribution in [0.15, 0.2) is 30.3 Å². The maximum absolute atomic E-state index is 13.1. The predicted molar refractivity (Wildman–Crippen MR) is 78.3 cm³/mol. The second-order valence-corrected chi connectivity index (χ2v) is 4.79. The first kappa shape index (κ1) is 14.9. The molecular formula is C15H20FNS. The molecule has 0 saturated carbocycles. The molecule has 1 nitrogen and oxygen atoms in total. The highest BCUT2D eigenvalue weighted by molar-refractivity contribution is 7.15. The van der Waals surface area contributed by atoms with Crippen LogP contribution in [-0.2, 0) is 13.0 Å². The van der Waals surface area contributed by atoms with E-state index >= 15 is 0 Å². The highest BCUT2D eigenvalue weighted by atomic mass is 32.1. The molecule has 0 aliphatic heterocycles. The Morgan fingerprint density at radius 1 is 1.17 bits per heavy atom. The Morgan fingerprint density at radius 3 is 2.44 bits per heavy atom. The van der Waals surface area contributed by atoms with Crippen LogP contribution in [0.4, 0.5) is 4.39 Å². The van der Waals surface area contributed by atoms with Crippen molar-refractivity contribution in [2.75, 3.05) is 0 Å². The number of aryl methyl sites for hydroxylation is 1. The third-order valence-electron chi connectivity index (χ3n) is 2.56. The lowest BCUT2D eigenvalue weighted by Gasteiger charge is -2.05. The first-order chi connectivity index (χ1) is 8.74. The standard InChI is InChI=1S/C13H14FNS.C2H6/c1-2-11-4-6-13(16-11)12-5-3-10(14)7-9(12)8-15;1-2/h3-7H,2,8,15H2,1H3;1-2H3. The molecule has 0 saturated heterocycles. The smallest absolute Gasteiger partial charge is 0.123 e. The minimum absolute atomic E-state index is 0.225. The van der Waals surface area contributed by atoms with Gasteiger partial charge in [-0.25, -0.2) is 4.39 Å². The van der Waals surface area contributed by atoms with E-state index in [4.69, 9.17) is 5.73 Å². The summed E-state index contributed by atoms with van der Waals surface area (Å²) < 4.78 is 13.1. The summed E-state index contributed by atoms with van der Waals surface area (Å²) in [6.45, 7) is 6.50. The van der Waals surface area contributed by atoms with Gasteiger partial charge in [0.15, 0.2) is 0 Å². The van der Waals surface area contributed by atoms with Crippen LogP contribution in [0.1, 0.15) is 31.2 Å². The monoisotopic (exact) mass is 265 g/mol. The molecule has 1 heterocycles. The van der Waals surface area contributed by atoms with E-state index in [1.807, 2.05) is 19.9 Å². The van der Waals surface area contributed by atoms with Crippen LogP contribution in [0.2, 0.25) is 0 Å². The Balaban J connectivity index is 0.000000771. The highest BCUT2D eigenvalue weighted by Crippen LogP contribution is 2.31. The van der Waals surface area contributed by atoms with E-state index in [-0.39, 0.29) is 5.82 Å². The number of nitrogens with two attached hydrogens (primary N) is 1. The quantitative estimate of drug-likeness (QED) is 0.862. The van der Waals surface area contributed by atoms with Gasteiger partial charge in [0.25, 0.3) is 0 Å². The number of hydrogen-bond donors (Lipinski definition) is 1. The summed E-state index contributed by atoms with van der Waals surface area (Å²) in [6, 6.07) is 9.00. The molecule has 0 aliphatic rings. The van der Waals surface area contributed by atoms with E-state index in [1.165, 1.54) is 17.0 Å². The highest BCUT2D eigenvalue weighted by Gasteiger charge is 2.07. The molecule has 2 N–H and O–H groups in total. The molecule has 1 aromatic carbocycles. The molecule has 0 bridgehead atoms. The van der Waals surface area contributed by atoms with Gasteiger partial charge < -0.3 is 5.73 Å². The van der Waals surface area contributed by atoms with Gasteiger partial charge in [0.2, 0.25) is 0 Å². The fourth-order valence-electron chi connectivity index (χ4n) is 1.68. The normalized spacial score (nSPS) is 9.83. The number of benzene rings is 1. The lowest BCUT2D eigenvalue weighted by molar-refractivity contribution is 0.626. The molecule has 0 amide bonds. The molecule has 0 spiro atoms. The summed E-state index contributed by atoms with van der Waals surface area (Å²) in [7, 11) is 0. The lowest BCUT2D eigenvalue weighted by Crippen LogP contribution is -1.99. The number of hydrogen-bond acceptors (Lipinski definition) is 2. The summed E-state index contributed by atoms with van der Waals surface area (Å²) in [6.07, 6.45) is 1.03. The molecule has 0 unspecified atom stereocenters. The average molecular weight is 265 g/mol. The topological polar surface area (TPSA) is 26.0 Å². The van der Waals surface area contributed by atoms with Crippen molar-refractivity contribution in [2.24, 2.45) is 5.73 Å². The van der Waals surface area contributed by atoms with Crippen molar-refractivity contribution >= 4 is 11.3 Å². The SMILES string of the molecule is CC.CCc1ccc(-c2ccc(F)cc2CN)s1. The molecular weight excluding hydrogens is 245 g/mol. The number of thiophene rings is 1. The van der Waals surface area contributed by atoms with E-state index in [9.17, 15) is 4.39 Å². The van der Waals surface area contributed by atoms with Crippen LogP contribution in [0.5, 0.6) is 0 Å². The Kier molecular flexibility index (Phi) is 6.02. The molecule has 0 radical (unpaired) electrons. The molecule has 2 aromatic rings. The van der Waals surface area contributed by atoms with Crippen LogP contribution in [0.3, 0.4) is 0 Å². The molecule has 0 aliphatic carbocycles. The predicted octanol–water partition coefficient (Wildman–Crippen LogP) is 4.60. The largest absolute Gasteiger partial charge is 0.326 e. The van der Waals surface area contributed by atoms with Gasteiger partial charge in [-0.3, -0.25) is 0 Å². The Labute approximate surface area is 112 Å². The van der Waals surface area contributed by atoms with Gasteiger partial charge in [-0.1, -0.05) is 26.8 Å². The molecule has 2 rings (SSSR count). The van der Waals surface area contributed by atoms with E-state index < -0.39 is 0 Å². The molecule has 98 valence electrons. The van der Waals surface area contributed by atoms with Gasteiger partial charge in [0, 0.05) is 16.3 Å². The zero-order chi connectivity index (χ0) is 13.5. The van der Waals surface area contributed by atoms with Crippen molar-refractivity contribution in [1.29, 1.82) is 0 Å². The number of rotatable bonds is 3. The minimum atomic E-state index is -0.225. The third kappa shape index (κ3) is 3.40. The minimum Gasteiger partial charge on any atom is -0.326 e. The molecule has 0 fully saturated rings. The van der Waals surface area contributed by atoms with E-state index in [0.717, 1.165) is 22.4 Å². The van der Waals surface area contributed by atoms with Crippen molar-refractivity contribution in [3.8, 4) is 10.4 Å². The molecule has 1 aromatic heterocycles. The Hall–Kier alpha value is -1.19. The van der Waals surface area contributed by atoms with E-state index in [0.29, 0.717) is 6.54 Å². The van der Waals surface area contributed by atoms with Gasteiger partial charge in [-0.05, 0) is 41.8 Å². The second kappa shape index (κ2) is 7.29. The van der Waals surface area contributed by atoms with Crippen LogP contribution in [-0.4, -0.2) is 0 Å². The van der Waals surface area contributed by atoms with Gasteiger partial charge >= 0.3 is 0 Å². The van der Waals surface area contributed by atoms with E-state index in [2.05, 4.69) is 19.1 Å². The van der Waals surface area contributed by atoms with Crippen molar-refractivity contribution in [3.63, 3.8) is 0 Å². The van der Waals surface area contributed by atoms with Gasteiger partial charge in [-0.2, -0.15) is 0 Å². The summed E-state index contributed by atoms with van der Waals surface area (Å²) in [5.74, 6) is -0.225. The fraction of sp³-hybridized carbons (Fsp3) is 0.333. The maximum Gasteiger partial charge on any atom is 0.123 e. The second-order valence-electron chi connectivity index (χ2n) is 3.63. The van der Waals surface area contributed by atoms with Crippen LogP contribution < -0.4 is 5.73 Å². The first-order valence-electron chi connectivity index (χ1n) is 6.32. The zero-order valence-corrected chi connectivity index (χ0v) is 12.0. The lowest BCUT2D eigenvalue weighted by atomic mass is 10.1. The van der Waals surface area contributed by atoms with Gasteiger partial charge in [0.05, 0.1) is 0 Å². The van der Waals surface area contributed by atoms with Crippen LogP contribution in [0, 0.1) is 5.82 Å². The molecule has 3 heteroatoms. The zero-order valence-electron chi connectivity index (χ0n) is 11.2. The van der Waals surface area contributed by atoms with Crippen molar-refractivity contribution < 1.29 is 4.39 Å². The summed E-state index contributed by atoms with van der Waals surface area (Å²) in [5, 5.41) is 0. The van der Waals surface area contributed by atoms with Gasteiger partial charge in [0.1, 0.15) is 5.82 Å². The van der Waals surface area contributed by atoms with E-state index in [1.54, 1.807) is 11.3 Å². The van der Waals surface area contributed by atoms with Crippen molar-refractivity contribution in [3.05, 3.63) is 46.6 Å². The summed E-state index contributed by atoms with van der Waals surface area (Å²) in [4.78, 5) is 2.50. The Bertz CT molecular complexity index is 491. The van der Waals surface area contributed by atoms with Crippen molar-refractivity contribution in [1.82, 2.24) is 0 Å². The molecule has 18 heavy (non-hydrogen) atoms. The first-order valence-corrected chi connectivity index (χ1v) is 7.13. The van der Waals surface area contributed by atoms with Crippen LogP contribution in [0.25, 0.3) is 10.4 Å². The third-order valence-corrected chi connectivity index (χ3v) is 3.83.